The predicted molar refractivity (Wildman–Crippen MR) is 76.4 cm³/mol. The van der Waals surface area contributed by atoms with Gasteiger partial charge in [0.25, 0.3) is 0 Å². The number of anilines is 1. The molecule has 2 amide bonds. The Balaban J connectivity index is 2.50. The molecule has 1 aromatic rings. The lowest BCUT2D eigenvalue weighted by atomic mass is 10.2. The summed E-state index contributed by atoms with van der Waals surface area (Å²) in [7, 11) is 3.68. The van der Waals surface area contributed by atoms with Crippen molar-refractivity contribution >= 4 is 23.3 Å². The van der Waals surface area contributed by atoms with Gasteiger partial charge >= 0.3 is 6.03 Å². The topological polar surface area (TPSA) is 44.4 Å². The average molecular weight is 270 g/mol. The number of amides is 2. The van der Waals surface area contributed by atoms with Crippen molar-refractivity contribution in [1.29, 1.82) is 0 Å². The van der Waals surface area contributed by atoms with Crippen LogP contribution >= 0.6 is 11.6 Å². The van der Waals surface area contributed by atoms with E-state index in [4.69, 9.17) is 11.6 Å². The van der Waals surface area contributed by atoms with E-state index < -0.39 is 0 Å². The summed E-state index contributed by atoms with van der Waals surface area (Å²) in [5.41, 5.74) is 1.72. The van der Waals surface area contributed by atoms with E-state index in [9.17, 15) is 4.79 Å². The third-order valence-corrected chi connectivity index (χ3v) is 3.10. The van der Waals surface area contributed by atoms with E-state index in [1.807, 2.05) is 26.1 Å². The molecule has 0 aliphatic heterocycles. The van der Waals surface area contributed by atoms with Crippen LogP contribution in [0.25, 0.3) is 0 Å². The van der Waals surface area contributed by atoms with Crippen LogP contribution in [0.2, 0.25) is 5.02 Å². The van der Waals surface area contributed by atoms with Crippen LogP contribution in [0.1, 0.15) is 12.0 Å². The van der Waals surface area contributed by atoms with E-state index in [1.54, 1.807) is 18.0 Å². The molecule has 100 valence electrons. The highest BCUT2D eigenvalue weighted by atomic mass is 35.5. The number of hydrogen-bond acceptors (Lipinski definition) is 2. The molecule has 0 aliphatic rings. The molecule has 1 rings (SSSR count). The molecule has 1 aromatic carbocycles. The summed E-state index contributed by atoms with van der Waals surface area (Å²) in [6.45, 7) is 3.54. The molecule has 4 nitrogen and oxygen atoms in total. The molecule has 0 radical (unpaired) electrons. The normalized spacial score (nSPS) is 10.2. The van der Waals surface area contributed by atoms with Crippen molar-refractivity contribution in [2.24, 2.45) is 0 Å². The molecule has 0 saturated heterocycles. The Morgan fingerprint density at radius 2 is 2.17 bits per heavy atom. The van der Waals surface area contributed by atoms with Gasteiger partial charge in [-0.05, 0) is 44.6 Å². The first-order chi connectivity index (χ1) is 8.54. The highest BCUT2D eigenvalue weighted by molar-refractivity contribution is 6.31. The summed E-state index contributed by atoms with van der Waals surface area (Å²) < 4.78 is 0. The molecule has 2 N–H and O–H groups in total. The standard InChI is InChI=1S/C13H20ClN3O/c1-10-5-6-11(9-12(10)14)16-13(18)17(3)8-4-7-15-2/h5-6,9,15H,4,7-8H2,1-3H3,(H,16,18). The van der Waals surface area contributed by atoms with Crippen LogP contribution in [0.4, 0.5) is 10.5 Å². The second-order valence-electron chi connectivity index (χ2n) is 4.27. The lowest BCUT2D eigenvalue weighted by Crippen LogP contribution is -2.33. The predicted octanol–water partition coefficient (Wildman–Crippen LogP) is 2.72. The van der Waals surface area contributed by atoms with Crippen molar-refractivity contribution in [2.45, 2.75) is 13.3 Å². The fourth-order valence-electron chi connectivity index (χ4n) is 1.48. The summed E-state index contributed by atoms with van der Waals surface area (Å²) in [6.07, 6.45) is 0.926. The maximum absolute atomic E-state index is 11.9. The van der Waals surface area contributed by atoms with Crippen molar-refractivity contribution < 1.29 is 4.79 Å². The minimum Gasteiger partial charge on any atom is -0.328 e. The van der Waals surface area contributed by atoms with Crippen LogP contribution in [-0.2, 0) is 0 Å². The lowest BCUT2D eigenvalue weighted by Gasteiger charge is -2.18. The van der Waals surface area contributed by atoms with E-state index in [2.05, 4.69) is 10.6 Å². The maximum Gasteiger partial charge on any atom is 0.321 e. The molecule has 0 heterocycles. The Hall–Kier alpha value is -1.26. The van der Waals surface area contributed by atoms with Gasteiger partial charge in [-0.2, -0.15) is 0 Å². The van der Waals surface area contributed by atoms with Crippen LogP contribution in [0.3, 0.4) is 0 Å². The van der Waals surface area contributed by atoms with Gasteiger partial charge in [-0.1, -0.05) is 17.7 Å². The molecule has 0 spiro atoms. The van der Waals surface area contributed by atoms with Crippen LogP contribution in [0.15, 0.2) is 18.2 Å². The molecule has 0 saturated carbocycles. The molecule has 5 heteroatoms. The molecule has 0 aromatic heterocycles. The number of aryl methyl sites for hydroxylation is 1. The van der Waals surface area contributed by atoms with E-state index in [0.717, 1.165) is 24.2 Å². The van der Waals surface area contributed by atoms with Crippen LogP contribution < -0.4 is 10.6 Å². The Morgan fingerprint density at radius 1 is 1.44 bits per heavy atom. The number of hydrogen-bond donors (Lipinski definition) is 2. The first kappa shape index (κ1) is 14.8. The van der Waals surface area contributed by atoms with Gasteiger partial charge in [0.2, 0.25) is 0 Å². The van der Waals surface area contributed by atoms with E-state index in [-0.39, 0.29) is 6.03 Å². The molecule has 0 atom stereocenters. The van der Waals surface area contributed by atoms with Crippen molar-refractivity contribution in [3.05, 3.63) is 28.8 Å². The zero-order valence-electron chi connectivity index (χ0n) is 11.1. The number of nitrogens with one attached hydrogen (secondary N) is 2. The maximum atomic E-state index is 11.9. The molecular formula is C13H20ClN3O. The number of benzene rings is 1. The summed E-state index contributed by atoms with van der Waals surface area (Å²) in [5.74, 6) is 0. The van der Waals surface area contributed by atoms with Crippen LogP contribution in [-0.4, -0.2) is 38.1 Å². The van der Waals surface area contributed by atoms with Crippen molar-refractivity contribution in [3.63, 3.8) is 0 Å². The number of nitrogens with zero attached hydrogens (tertiary/aromatic N) is 1. The number of carbonyl (C=O) groups is 1. The smallest absolute Gasteiger partial charge is 0.321 e. The van der Waals surface area contributed by atoms with Gasteiger partial charge < -0.3 is 15.5 Å². The summed E-state index contributed by atoms with van der Waals surface area (Å²) >= 11 is 6.01. The molecule has 0 aliphatic carbocycles. The molecule has 0 bridgehead atoms. The largest absolute Gasteiger partial charge is 0.328 e. The molecular weight excluding hydrogens is 250 g/mol. The zero-order chi connectivity index (χ0) is 13.5. The van der Waals surface area contributed by atoms with Gasteiger partial charge in [-0.15, -0.1) is 0 Å². The molecule has 18 heavy (non-hydrogen) atoms. The molecule has 0 unspecified atom stereocenters. The van der Waals surface area contributed by atoms with Crippen molar-refractivity contribution in [1.82, 2.24) is 10.2 Å². The van der Waals surface area contributed by atoms with Crippen molar-refractivity contribution in [3.8, 4) is 0 Å². The first-order valence-corrected chi connectivity index (χ1v) is 6.35. The fourth-order valence-corrected chi connectivity index (χ4v) is 1.66. The van der Waals surface area contributed by atoms with Gasteiger partial charge in [0, 0.05) is 24.3 Å². The number of carbonyl (C=O) groups excluding carboxylic acids is 1. The van der Waals surface area contributed by atoms with E-state index >= 15 is 0 Å². The Morgan fingerprint density at radius 3 is 2.78 bits per heavy atom. The van der Waals surface area contributed by atoms with Gasteiger partial charge in [0.05, 0.1) is 0 Å². The van der Waals surface area contributed by atoms with Gasteiger partial charge in [0.15, 0.2) is 0 Å². The highest BCUT2D eigenvalue weighted by Gasteiger charge is 2.08. The van der Waals surface area contributed by atoms with Gasteiger partial charge in [0.1, 0.15) is 0 Å². The van der Waals surface area contributed by atoms with Gasteiger partial charge in [-0.25, -0.2) is 4.79 Å². The van der Waals surface area contributed by atoms with Crippen LogP contribution in [0, 0.1) is 6.92 Å². The fraction of sp³-hybridized carbons (Fsp3) is 0.462. The second kappa shape index (κ2) is 7.24. The minimum atomic E-state index is -0.119. The third kappa shape index (κ3) is 4.55. The summed E-state index contributed by atoms with van der Waals surface area (Å²) in [5, 5.41) is 6.53. The highest BCUT2D eigenvalue weighted by Crippen LogP contribution is 2.20. The first-order valence-electron chi connectivity index (χ1n) is 5.97. The third-order valence-electron chi connectivity index (χ3n) is 2.69. The average Bonchev–Trinajstić information content (AvgIpc) is 2.34. The van der Waals surface area contributed by atoms with E-state index in [1.165, 1.54) is 0 Å². The summed E-state index contributed by atoms with van der Waals surface area (Å²) in [6, 6.07) is 5.38. The second-order valence-corrected chi connectivity index (χ2v) is 4.68. The quantitative estimate of drug-likeness (QED) is 0.808. The van der Waals surface area contributed by atoms with E-state index in [0.29, 0.717) is 11.6 Å². The van der Waals surface area contributed by atoms with Crippen LogP contribution in [0.5, 0.6) is 0 Å². The Kier molecular flexibility index (Phi) is 5.95. The number of rotatable bonds is 5. The molecule has 0 fully saturated rings. The SMILES string of the molecule is CNCCCN(C)C(=O)Nc1ccc(C)c(Cl)c1. The lowest BCUT2D eigenvalue weighted by molar-refractivity contribution is 0.222. The Bertz CT molecular complexity index is 409. The van der Waals surface area contributed by atoms with Gasteiger partial charge in [-0.3, -0.25) is 0 Å². The summed E-state index contributed by atoms with van der Waals surface area (Å²) in [4.78, 5) is 13.5. The minimum absolute atomic E-state index is 0.119. The monoisotopic (exact) mass is 269 g/mol. The number of halogens is 1. The number of urea groups is 1. The Labute approximate surface area is 113 Å². The zero-order valence-corrected chi connectivity index (χ0v) is 11.8. The van der Waals surface area contributed by atoms with Crippen molar-refractivity contribution in [2.75, 3.05) is 32.5 Å².